The molecular weight excluding hydrogens is 744 g/mol. The molecule has 3 N–H and O–H groups in total. The minimum atomic E-state index is -3.98. The van der Waals surface area contributed by atoms with E-state index in [0.29, 0.717) is 29.6 Å². The molecule has 0 aliphatic carbocycles. The molecule has 2 saturated heterocycles. The maximum atomic E-state index is 12.8. The largest absolute Gasteiger partial charge is 0.477 e. The summed E-state index contributed by atoms with van der Waals surface area (Å²) in [5.41, 5.74) is 9.08. The Morgan fingerprint density at radius 3 is 1.71 bits per heavy atom. The van der Waals surface area contributed by atoms with Crippen molar-refractivity contribution in [2.24, 2.45) is 0 Å². The smallest absolute Gasteiger partial charge is 0.347 e. The second-order valence-corrected chi connectivity index (χ2v) is 17.8. The van der Waals surface area contributed by atoms with Crippen molar-refractivity contribution in [2.75, 3.05) is 58.6 Å². The van der Waals surface area contributed by atoms with Gasteiger partial charge in [0.15, 0.2) is 0 Å². The standard InChI is InChI=1S/C19H23ClN2O3S.C18H22N2O4S2/c1-13-12-14(2)19(22-8-10-25-11-9-22)15(3)18(13)21-26(23,24)17-6-4-16(20)5-7-17;1-11-10-12(2)16(20-7-4-5-8-20)13(3)15(11)19-26(23,24)14-6-9-25-17(14)18(21)22/h4-7,12,21H,8-11H2,1-3H3;6,9-10,19H,4-5,7-8H2,1-3H3,(H,21,22). The number of carboxylic acid groups (broad SMARTS) is 1. The molecule has 0 radical (unpaired) electrons. The Balaban J connectivity index is 0.000000201. The van der Waals surface area contributed by atoms with Crippen molar-refractivity contribution in [1.82, 2.24) is 0 Å². The fraction of sp³-hybridized carbons (Fsp3) is 0.378. The Morgan fingerprint density at radius 2 is 1.21 bits per heavy atom. The number of thiophene rings is 1. The Hall–Kier alpha value is -3.82. The minimum Gasteiger partial charge on any atom is -0.477 e. The van der Waals surface area contributed by atoms with E-state index in [-0.39, 0.29) is 14.7 Å². The first-order chi connectivity index (χ1) is 24.5. The first kappa shape index (κ1) is 39.4. The number of hydrogen-bond donors (Lipinski definition) is 3. The number of nitrogens with zero attached hydrogens (tertiary/aromatic N) is 2. The van der Waals surface area contributed by atoms with Gasteiger partial charge in [0.1, 0.15) is 9.77 Å². The van der Waals surface area contributed by atoms with Crippen LogP contribution in [0.25, 0.3) is 0 Å². The molecule has 11 nitrogen and oxygen atoms in total. The molecule has 3 aromatic carbocycles. The summed E-state index contributed by atoms with van der Waals surface area (Å²) in [6.07, 6.45) is 2.26. The van der Waals surface area contributed by atoms with E-state index in [9.17, 15) is 26.7 Å². The Labute approximate surface area is 315 Å². The van der Waals surface area contributed by atoms with Gasteiger partial charge >= 0.3 is 5.97 Å². The number of anilines is 4. The summed E-state index contributed by atoms with van der Waals surface area (Å²) in [6.45, 7) is 16.6. The van der Waals surface area contributed by atoms with Crippen molar-refractivity contribution < 1.29 is 31.5 Å². The van der Waals surface area contributed by atoms with E-state index in [2.05, 4.69) is 26.2 Å². The summed E-state index contributed by atoms with van der Waals surface area (Å²) < 4.78 is 62.1. The summed E-state index contributed by atoms with van der Waals surface area (Å²) in [5.74, 6) is -1.24. The third-order valence-electron chi connectivity index (χ3n) is 9.32. The molecule has 2 aliphatic rings. The van der Waals surface area contributed by atoms with Crippen molar-refractivity contribution in [3.63, 3.8) is 0 Å². The summed E-state index contributed by atoms with van der Waals surface area (Å²) in [7, 11) is -7.67. The minimum absolute atomic E-state index is 0.181. The molecule has 52 heavy (non-hydrogen) atoms. The molecule has 0 amide bonds. The van der Waals surface area contributed by atoms with E-state index in [4.69, 9.17) is 16.3 Å². The summed E-state index contributed by atoms with van der Waals surface area (Å²) >= 11 is 6.77. The molecular formula is C37H45ClN4O7S3. The average molecular weight is 789 g/mol. The predicted octanol–water partition coefficient (Wildman–Crippen LogP) is 7.68. The highest BCUT2D eigenvalue weighted by Crippen LogP contribution is 2.38. The molecule has 0 saturated carbocycles. The number of nitrogens with one attached hydrogen (secondary N) is 2. The third-order valence-corrected chi connectivity index (χ3v) is 13.4. The molecule has 15 heteroatoms. The highest BCUT2D eigenvalue weighted by molar-refractivity contribution is 7.93. The number of hydrogen-bond acceptors (Lipinski definition) is 9. The van der Waals surface area contributed by atoms with E-state index < -0.39 is 26.0 Å². The number of halogens is 1. The second kappa shape index (κ2) is 16.0. The molecule has 0 bridgehead atoms. The van der Waals surface area contributed by atoms with Crippen LogP contribution in [0.5, 0.6) is 0 Å². The number of ether oxygens (including phenoxy) is 1. The molecule has 2 aliphatic heterocycles. The van der Waals surface area contributed by atoms with Gasteiger partial charge in [0.2, 0.25) is 0 Å². The van der Waals surface area contributed by atoms with Crippen LogP contribution >= 0.6 is 22.9 Å². The summed E-state index contributed by atoms with van der Waals surface area (Å²) in [6, 6.07) is 11.5. The maximum Gasteiger partial charge on any atom is 0.347 e. The highest BCUT2D eigenvalue weighted by Gasteiger charge is 2.27. The van der Waals surface area contributed by atoms with Gasteiger partial charge in [-0.15, -0.1) is 11.3 Å². The number of sulfonamides is 2. The first-order valence-electron chi connectivity index (χ1n) is 16.9. The van der Waals surface area contributed by atoms with Crippen LogP contribution in [0.4, 0.5) is 22.7 Å². The number of benzene rings is 3. The maximum absolute atomic E-state index is 12.8. The quantitative estimate of drug-likeness (QED) is 0.156. The number of aryl methyl sites for hydroxylation is 4. The lowest BCUT2D eigenvalue weighted by Gasteiger charge is -2.32. The molecule has 0 atom stereocenters. The zero-order chi connectivity index (χ0) is 38.0. The van der Waals surface area contributed by atoms with E-state index in [1.54, 1.807) is 12.1 Å². The van der Waals surface area contributed by atoms with Crippen LogP contribution < -0.4 is 19.2 Å². The van der Waals surface area contributed by atoms with Crippen LogP contribution in [-0.2, 0) is 24.8 Å². The number of carboxylic acids is 1. The van der Waals surface area contributed by atoms with Crippen LogP contribution in [0.1, 0.15) is 55.9 Å². The first-order valence-corrected chi connectivity index (χ1v) is 21.2. The molecule has 0 spiro atoms. The Bertz CT molecular complexity index is 2180. The lowest BCUT2D eigenvalue weighted by Crippen LogP contribution is -2.37. The molecule has 2 fully saturated rings. The lowest BCUT2D eigenvalue weighted by atomic mass is 10.0. The van der Waals surface area contributed by atoms with Gasteiger partial charge in [0.05, 0.1) is 29.5 Å². The molecule has 4 aromatic rings. The molecule has 280 valence electrons. The third kappa shape index (κ3) is 8.52. The lowest BCUT2D eigenvalue weighted by molar-refractivity contribution is 0.0698. The SMILES string of the molecule is Cc1cc(C)c(N2CCCC2)c(C)c1NS(=O)(=O)c1ccsc1C(=O)O.Cc1cc(C)c(N2CCOCC2)c(C)c1NS(=O)(=O)c1ccc(Cl)cc1. The predicted molar refractivity (Wildman–Crippen MR) is 210 cm³/mol. The van der Waals surface area contributed by atoms with Crippen molar-refractivity contribution in [2.45, 2.75) is 64.2 Å². The zero-order valence-electron chi connectivity index (χ0n) is 30.2. The normalized spacial score (nSPS) is 14.9. The number of rotatable bonds is 9. The van der Waals surface area contributed by atoms with Gasteiger partial charge in [0.25, 0.3) is 20.0 Å². The second-order valence-electron chi connectivity index (χ2n) is 13.1. The molecule has 3 heterocycles. The van der Waals surface area contributed by atoms with Crippen molar-refractivity contribution >= 4 is 71.7 Å². The van der Waals surface area contributed by atoms with Crippen LogP contribution in [0.15, 0.2) is 57.6 Å². The number of morpholine rings is 1. The van der Waals surface area contributed by atoms with Crippen LogP contribution in [0.2, 0.25) is 5.02 Å². The van der Waals surface area contributed by atoms with Crippen molar-refractivity contribution in [3.05, 3.63) is 91.1 Å². The van der Waals surface area contributed by atoms with Crippen molar-refractivity contribution in [3.8, 4) is 0 Å². The molecule has 0 unspecified atom stereocenters. The van der Waals surface area contributed by atoms with Crippen LogP contribution in [0.3, 0.4) is 0 Å². The monoisotopic (exact) mass is 788 g/mol. The van der Waals surface area contributed by atoms with E-state index in [0.717, 1.165) is 95.1 Å². The van der Waals surface area contributed by atoms with Crippen molar-refractivity contribution in [1.29, 1.82) is 0 Å². The topological polar surface area (TPSA) is 145 Å². The van der Waals surface area contributed by atoms with Gasteiger partial charge in [-0.25, -0.2) is 21.6 Å². The van der Waals surface area contributed by atoms with Gasteiger partial charge in [-0.1, -0.05) is 23.7 Å². The van der Waals surface area contributed by atoms with E-state index >= 15 is 0 Å². The summed E-state index contributed by atoms with van der Waals surface area (Å²) in [5, 5.41) is 11.2. The Kier molecular flexibility index (Phi) is 12.2. The molecule has 6 rings (SSSR count). The number of aromatic carboxylic acids is 1. The van der Waals surface area contributed by atoms with E-state index in [1.165, 1.54) is 23.6 Å². The highest BCUT2D eigenvalue weighted by atomic mass is 35.5. The van der Waals surface area contributed by atoms with Gasteiger partial charge in [-0.05, 0) is 123 Å². The molecule has 1 aromatic heterocycles. The Morgan fingerprint density at radius 1 is 0.731 bits per heavy atom. The number of carbonyl (C=O) groups is 1. The van der Waals surface area contributed by atoms with Crippen LogP contribution in [-0.4, -0.2) is 67.3 Å². The van der Waals surface area contributed by atoms with Gasteiger partial charge in [-0.2, -0.15) is 0 Å². The van der Waals surface area contributed by atoms with Gasteiger partial charge < -0.3 is 19.6 Å². The average Bonchev–Trinajstić information content (AvgIpc) is 3.80. The van der Waals surface area contributed by atoms with Gasteiger partial charge in [0, 0.05) is 42.6 Å². The fourth-order valence-corrected chi connectivity index (χ4v) is 10.8. The van der Waals surface area contributed by atoms with Crippen LogP contribution in [0, 0.1) is 41.5 Å². The van der Waals surface area contributed by atoms with Gasteiger partial charge in [-0.3, -0.25) is 9.44 Å². The fourth-order valence-electron chi connectivity index (χ4n) is 7.03. The van der Waals surface area contributed by atoms with E-state index in [1.807, 2.05) is 46.8 Å². The summed E-state index contributed by atoms with van der Waals surface area (Å²) in [4.78, 5) is 15.7. The zero-order valence-corrected chi connectivity index (χ0v) is 33.4.